The number of non-ortho nitro benzene ring substituents is 1. The van der Waals surface area contributed by atoms with Crippen LogP contribution in [-0.2, 0) is 14.4 Å². The molecule has 1 saturated heterocycles. The highest BCUT2D eigenvalue weighted by Gasteiger charge is 2.55. The van der Waals surface area contributed by atoms with E-state index in [1.54, 1.807) is 0 Å². The third kappa shape index (κ3) is 5.05. The molecule has 46 heavy (non-hydrogen) atoms. The van der Waals surface area contributed by atoms with E-state index in [1.165, 1.54) is 39.8 Å². The molecule has 12 heteroatoms. The number of hydrazone groups is 1. The number of carbonyl (C=O) groups excluding carboxylic acids is 3. The molecule has 232 valence electrons. The molecule has 12 nitrogen and oxygen atoms in total. The van der Waals surface area contributed by atoms with Crippen molar-refractivity contribution >= 4 is 40.9 Å². The molecule has 0 N–H and O–H groups in total. The zero-order valence-electron chi connectivity index (χ0n) is 25.3. The first kappa shape index (κ1) is 29.2. The van der Waals surface area contributed by atoms with Crippen molar-refractivity contribution in [2.45, 2.75) is 51.2 Å². The van der Waals surface area contributed by atoms with Crippen molar-refractivity contribution in [3.05, 3.63) is 111 Å². The Balaban J connectivity index is 1.17. The molecule has 0 unspecified atom stereocenters. The van der Waals surface area contributed by atoms with Crippen molar-refractivity contribution in [2.24, 2.45) is 21.4 Å². The summed E-state index contributed by atoms with van der Waals surface area (Å²) in [4.78, 5) is 52.3. The normalized spacial score (nSPS) is 24.4. The molecule has 0 bridgehead atoms. The van der Waals surface area contributed by atoms with Crippen LogP contribution in [0.1, 0.15) is 47.6 Å². The van der Waals surface area contributed by atoms with Crippen molar-refractivity contribution in [1.82, 2.24) is 10.0 Å². The fraction of sp³-hybridized carbons (Fsp3) is 0.294. The number of nitro benzene ring substituents is 1. The average Bonchev–Trinajstić information content (AvgIpc) is 3.72. The summed E-state index contributed by atoms with van der Waals surface area (Å²) in [5.41, 5.74) is 6.35. The number of imide groups is 1. The molecular weight excluding hydrogens is 586 g/mol. The first-order valence-corrected chi connectivity index (χ1v) is 15.2. The third-order valence-corrected chi connectivity index (χ3v) is 9.07. The van der Waals surface area contributed by atoms with Gasteiger partial charge < -0.3 is 0 Å². The van der Waals surface area contributed by atoms with Gasteiger partial charge in [0.2, 0.25) is 0 Å². The molecule has 0 aromatic heterocycles. The standard InChI is InChI=1S/C34H31N7O5/c1-20-6-10-22(11-7-20)18-24-4-3-5-27-29(24)36-40(31(27)23-12-8-21(2)9-13-23)28(42)19-38-32-30(35-37-38)33(43)39(34(32)44)25-14-16-26(17-15-25)41(45)46/h6-18,27,30-32H,3-5,19H2,1-2H3/b24-18+/t27-,30+,31+,32-/m1/s1. The lowest BCUT2D eigenvalue weighted by Crippen LogP contribution is -2.45. The highest BCUT2D eigenvalue weighted by atomic mass is 16.6. The van der Waals surface area contributed by atoms with E-state index in [0.717, 1.165) is 52.1 Å². The monoisotopic (exact) mass is 617 g/mol. The largest absolute Gasteiger partial charge is 0.271 e. The molecule has 4 atom stereocenters. The second-order valence-electron chi connectivity index (χ2n) is 12.1. The number of rotatable bonds is 6. The van der Waals surface area contributed by atoms with Gasteiger partial charge in [-0.2, -0.15) is 10.2 Å². The van der Waals surface area contributed by atoms with Crippen LogP contribution in [-0.4, -0.2) is 57.0 Å². The summed E-state index contributed by atoms with van der Waals surface area (Å²) in [7, 11) is 0. The number of carbonyl (C=O) groups is 3. The van der Waals surface area contributed by atoms with Crippen LogP contribution in [0.25, 0.3) is 6.08 Å². The van der Waals surface area contributed by atoms with Gasteiger partial charge in [-0.3, -0.25) is 29.5 Å². The van der Waals surface area contributed by atoms with E-state index in [4.69, 9.17) is 5.10 Å². The maximum atomic E-state index is 14.1. The molecular formula is C34H31N7O5. The molecule has 3 heterocycles. The van der Waals surface area contributed by atoms with Crippen LogP contribution in [0.5, 0.6) is 0 Å². The molecule has 3 aromatic rings. The molecule has 1 saturated carbocycles. The molecule has 3 aromatic carbocycles. The van der Waals surface area contributed by atoms with Gasteiger partial charge >= 0.3 is 0 Å². The van der Waals surface area contributed by atoms with Gasteiger partial charge in [-0.1, -0.05) is 64.9 Å². The van der Waals surface area contributed by atoms with E-state index < -0.39 is 28.8 Å². The number of hydrogen-bond donors (Lipinski definition) is 0. The van der Waals surface area contributed by atoms with Gasteiger partial charge in [0.25, 0.3) is 23.4 Å². The van der Waals surface area contributed by atoms with Crippen molar-refractivity contribution in [2.75, 3.05) is 11.4 Å². The van der Waals surface area contributed by atoms with Gasteiger partial charge in [0.05, 0.1) is 22.4 Å². The summed E-state index contributed by atoms with van der Waals surface area (Å²) in [6.07, 6.45) is 4.84. The van der Waals surface area contributed by atoms with Gasteiger partial charge in [-0.15, -0.1) is 0 Å². The van der Waals surface area contributed by atoms with Crippen LogP contribution in [0.15, 0.2) is 93.8 Å². The van der Waals surface area contributed by atoms with Gasteiger partial charge in [-0.25, -0.2) is 9.91 Å². The Hall–Kier alpha value is -5.52. The van der Waals surface area contributed by atoms with Crippen LogP contribution in [0.2, 0.25) is 0 Å². The number of nitrogens with zero attached hydrogens (tertiary/aromatic N) is 7. The number of fused-ring (bicyclic) bond motifs is 2. The number of benzene rings is 3. The molecule has 3 amide bonds. The third-order valence-electron chi connectivity index (χ3n) is 9.07. The minimum Gasteiger partial charge on any atom is -0.271 e. The van der Waals surface area contributed by atoms with Crippen LogP contribution in [0, 0.1) is 29.9 Å². The Morgan fingerprint density at radius 1 is 0.935 bits per heavy atom. The Bertz CT molecular complexity index is 1830. The summed E-state index contributed by atoms with van der Waals surface area (Å²) in [6.45, 7) is 3.76. The Kier molecular flexibility index (Phi) is 7.26. The second kappa shape index (κ2) is 11.4. The van der Waals surface area contributed by atoms with E-state index in [0.29, 0.717) is 0 Å². The fourth-order valence-electron chi connectivity index (χ4n) is 6.71. The molecule has 3 aliphatic heterocycles. The molecule has 2 fully saturated rings. The lowest BCUT2D eigenvalue weighted by Gasteiger charge is -2.30. The first-order valence-electron chi connectivity index (χ1n) is 15.2. The van der Waals surface area contributed by atoms with Crippen molar-refractivity contribution < 1.29 is 19.3 Å². The number of nitro groups is 1. The number of hydrogen-bond acceptors (Lipinski definition) is 9. The quantitative estimate of drug-likeness (QED) is 0.208. The fourth-order valence-corrected chi connectivity index (χ4v) is 6.71. The zero-order valence-corrected chi connectivity index (χ0v) is 25.3. The molecule has 4 aliphatic rings. The summed E-state index contributed by atoms with van der Waals surface area (Å²) < 4.78 is 0. The summed E-state index contributed by atoms with van der Waals surface area (Å²) >= 11 is 0. The minimum atomic E-state index is -1.11. The first-order chi connectivity index (χ1) is 22.2. The summed E-state index contributed by atoms with van der Waals surface area (Å²) in [6, 6.07) is 19.0. The SMILES string of the molecule is Cc1ccc(/C=C2\CCC[C@@H]3C2=NN(C(=O)CN2N=N[C@@H]4C(=O)N(c5ccc([N+](=O)[O-])cc5)C(=O)[C@@H]42)[C@H]3c2ccc(C)cc2)cc1. The van der Waals surface area contributed by atoms with Crippen molar-refractivity contribution in [3.8, 4) is 0 Å². The average molecular weight is 618 g/mol. The van der Waals surface area contributed by atoms with Crippen molar-refractivity contribution in [1.29, 1.82) is 0 Å². The highest BCUT2D eigenvalue weighted by Crippen LogP contribution is 2.45. The van der Waals surface area contributed by atoms with Crippen molar-refractivity contribution in [3.63, 3.8) is 0 Å². The topological polar surface area (TPSA) is 141 Å². The predicted molar refractivity (Wildman–Crippen MR) is 169 cm³/mol. The highest BCUT2D eigenvalue weighted by molar-refractivity contribution is 6.25. The minimum absolute atomic E-state index is 0.00243. The zero-order chi connectivity index (χ0) is 32.1. The number of allylic oxidation sites excluding steroid dienone is 1. The maximum absolute atomic E-state index is 14.1. The Morgan fingerprint density at radius 2 is 1.61 bits per heavy atom. The number of amides is 3. The lowest BCUT2D eigenvalue weighted by molar-refractivity contribution is -0.384. The van der Waals surface area contributed by atoms with Crippen LogP contribution in [0.3, 0.4) is 0 Å². The van der Waals surface area contributed by atoms with Gasteiger partial charge in [0, 0.05) is 18.1 Å². The molecule has 1 aliphatic carbocycles. The number of anilines is 1. The predicted octanol–water partition coefficient (Wildman–Crippen LogP) is 5.33. The number of aryl methyl sites for hydroxylation is 2. The van der Waals surface area contributed by atoms with Gasteiger partial charge in [0.15, 0.2) is 12.1 Å². The summed E-state index contributed by atoms with van der Waals surface area (Å²) in [5, 5.41) is 26.9. The van der Waals surface area contributed by atoms with E-state index in [2.05, 4.69) is 47.6 Å². The summed E-state index contributed by atoms with van der Waals surface area (Å²) in [5.74, 6) is -1.56. The van der Waals surface area contributed by atoms with Crippen LogP contribution >= 0.6 is 0 Å². The smallest absolute Gasteiger partial charge is 0.269 e. The van der Waals surface area contributed by atoms with E-state index in [9.17, 15) is 24.5 Å². The Labute approximate surface area is 264 Å². The van der Waals surface area contributed by atoms with Crippen LogP contribution in [0.4, 0.5) is 11.4 Å². The molecule has 0 radical (unpaired) electrons. The maximum Gasteiger partial charge on any atom is 0.269 e. The molecule has 7 rings (SSSR count). The molecule has 0 spiro atoms. The van der Waals surface area contributed by atoms with Crippen LogP contribution < -0.4 is 4.90 Å². The lowest BCUT2D eigenvalue weighted by atomic mass is 9.77. The van der Waals surface area contributed by atoms with Gasteiger partial charge in [-0.05, 0) is 68.0 Å². The Morgan fingerprint density at radius 3 is 2.28 bits per heavy atom. The van der Waals surface area contributed by atoms with E-state index in [-0.39, 0.29) is 35.8 Å². The van der Waals surface area contributed by atoms with E-state index in [1.807, 2.05) is 31.2 Å². The van der Waals surface area contributed by atoms with E-state index >= 15 is 0 Å². The van der Waals surface area contributed by atoms with Gasteiger partial charge in [0.1, 0.15) is 6.54 Å². The second-order valence-corrected chi connectivity index (χ2v) is 12.1.